The molecule has 1 aliphatic heterocycles. The van der Waals surface area contributed by atoms with Gasteiger partial charge in [-0.3, -0.25) is 9.69 Å². The zero-order chi connectivity index (χ0) is 15.6. The summed E-state index contributed by atoms with van der Waals surface area (Å²) in [6, 6.07) is 5.05. The first-order valence-corrected chi connectivity index (χ1v) is 6.87. The van der Waals surface area contributed by atoms with Gasteiger partial charge in [0.2, 0.25) is 0 Å². The minimum Gasteiger partial charge on any atom is -0.481 e. The number of hydrogen-bond acceptors (Lipinski definition) is 2. The zero-order valence-electron chi connectivity index (χ0n) is 11.7. The zero-order valence-corrected chi connectivity index (χ0v) is 11.7. The molecule has 2 rings (SSSR count). The Morgan fingerprint density at radius 3 is 2.43 bits per heavy atom. The third kappa shape index (κ3) is 4.20. The van der Waals surface area contributed by atoms with Crippen LogP contribution in [0, 0.1) is 11.8 Å². The van der Waals surface area contributed by atoms with E-state index in [0.717, 1.165) is 24.2 Å². The van der Waals surface area contributed by atoms with Crippen molar-refractivity contribution in [1.29, 1.82) is 0 Å². The van der Waals surface area contributed by atoms with E-state index in [1.165, 1.54) is 12.1 Å². The number of carboxylic acid groups (broad SMARTS) is 1. The van der Waals surface area contributed by atoms with Gasteiger partial charge in [0.15, 0.2) is 0 Å². The third-order valence-corrected chi connectivity index (χ3v) is 3.77. The van der Waals surface area contributed by atoms with Crippen molar-refractivity contribution in [3.63, 3.8) is 0 Å². The van der Waals surface area contributed by atoms with Crippen molar-refractivity contribution in [2.75, 3.05) is 13.1 Å². The van der Waals surface area contributed by atoms with Gasteiger partial charge < -0.3 is 5.11 Å². The summed E-state index contributed by atoms with van der Waals surface area (Å²) in [5.74, 6) is -0.934. The monoisotopic (exact) mass is 301 g/mol. The topological polar surface area (TPSA) is 40.5 Å². The number of nitrogens with zero attached hydrogens (tertiary/aromatic N) is 1. The molecule has 6 heteroatoms. The molecular weight excluding hydrogens is 283 g/mol. The Morgan fingerprint density at radius 1 is 1.29 bits per heavy atom. The number of benzene rings is 1. The highest BCUT2D eigenvalue weighted by atomic mass is 19.4. The van der Waals surface area contributed by atoms with E-state index in [2.05, 4.69) is 0 Å². The molecule has 116 valence electrons. The fraction of sp³-hybridized carbons (Fsp3) is 0.533. The van der Waals surface area contributed by atoms with Gasteiger partial charge in [0, 0.05) is 19.6 Å². The summed E-state index contributed by atoms with van der Waals surface area (Å²) in [7, 11) is 0. The summed E-state index contributed by atoms with van der Waals surface area (Å²) in [5, 5.41) is 9.11. The van der Waals surface area contributed by atoms with E-state index in [1.54, 1.807) is 0 Å². The Balaban J connectivity index is 2.02. The minimum atomic E-state index is -4.33. The van der Waals surface area contributed by atoms with Crippen LogP contribution in [-0.2, 0) is 17.5 Å². The van der Waals surface area contributed by atoms with Crippen LogP contribution in [0.15, 0.2) is 24.3 Å². The van der Waals surface area contributed by atoms with Crippen molar-refractivity contribution in [3.05, 3.63) is 35.4 Å². The van der Waals surface area contributed by atoms with Gasteiger partial charge in [-0.1, -0.05) is 19.1 Å². The predicted molar refractivity (Wildman–Crippen MR) is 71.6 cm³/mol. The second-order valence-electron chi connectivity index (χ2n) is 5.76. The van der Waals surface area contributed by atoms with Crippen molar-refractivity contribution < 1.29 is 23.1 Å². The number of rotatable bonds is 3. The number of alkyl halides is 3. The first-order valence-electron chi connectivity index (χ1n) is 6.87. The van der Waals surface area contributed by atoms with E-state index in [4.69, 9.17) is 5.11 Å². The van der Waals surface area contributed by atoms with Crippen molar-refractivity contribution >= 4 is 5.97 Å². The average molecular weight is 301 g/mol. The maximum atomic E-state index is 12.5. The lowest BCUT2D eigenvalue weighted by molar-refractivity contribution is -0.144. The molecule has 1 saturated heterocycles. The number of carboxylic acids is 1. The van der Waals surface area contributed by atoms with Crippen molar-refractivity contribution in [1.82, 2.24) is 4.90 Å². The normalized spacial score (nSPS) is 24.0. The van der Waals surface area contributed by atoms with Crippen molar-refractivity contribution in [3.8, 4) is 0 Å². The van der Waals surface area contributed by atoms with Crippen LogP contribution in [0.1, 0.15) is 24.5 Å². The molecule has 1 N–H and O–H groups in total. The van der Waals surface area contributed by atoms with Gasteiger partial charge in [-0.15, -0.1) is 0 Å². The molecule has 21 heavy (non-hydrogen) atoms. The largest absolute Gasteiger partial charge is 0.481 e. The second-order valence-corrected chi connectivity index (χ2v) is 5.76. The molecule has 0 saturated carbocycles. The Kier molecular flexibility index (Phi) is 4.56. The van der Waals surface area contributed by atoms with E-state index in [-0.39, 0.29) is 5.92 Å². The molecule has 1 aliphatic rings. The Bertz CT molecular complexity index is 499. The molecule has 0 spiro atoms. The van der Waals surface area contributed by atoms with Gasteiger partial charge in [-0.25, -0.2) is 0 Å². The lowest BCUT2D eigenvalue weighted by atomic mass is 9.90. The quantitative estimate of drug-likeness (QED) is 0.931. The number of halogens is 3. The van der Waals surface area contributed by atoms with Crippen LogP contribution in [-0.4, -0.2) is 29.1 Å². The molecule has 3 nitrogen and oxygen atoms in total. The SMILES string of the molecule is CC1CC(C(=O)O)CN(Cc2ccc(C(F)(F)F)cc2)C1. The van der Waals surface area contributed by atoms with Crippen LogP contribution in [0.3, 0.4) is 0 Å². The van der Waals surface area contributed by atoms with Crippen LogP contribution in [0.2, 0.25) is 0 Å². The lowest BCUT2D eigenvalue weighted by Crippen LogP contribution is -2.41. The number of carbonyl (C=O) groups is 1. The maximum absolute atomic E-state index is 12.5. The molecule has 2 unspecified atom stereocenters. The van der Waals surface area contributed by atoms with Crippen LogP contribution < -0.4 is 0 Å². The van der Waals surface area contributed by atoms with E-state index in [9.17, 15) is 18.0 Å². The Morgan fingerprint density at radius 2 is 1.90 bits per heavy atom. The van der Waals surface area contributed by atoms with Crippen molar-refractivity contribution in [2.45, 2.75) is 26.1 Å². The van der Waals surface area contributed by atoms with Gasteiger partial charge in [0.1, 0.15) is 0 Å². The summed E-state index contributed by atoms with van der Waals surface area (Å²) >= 11 is 0. The maximum Gasteiger partial charge on any atom is 0.416 e. The van der Waals surface area contributed by atoms with Crippen LogP contribution in [0.4, 0.5) is 13.2 Å². The fourth-order valence-corrected chi connectivity index (χ4v) is 2.83. The van der Waals surface area contributed by atoms with Gasteiger partial charge in [0.05, 0.1) is 11.5 Å². The van der Waals surface area contributed by atoms with Crippen LogP contribution in [0.5, 0.6) is 0 Å². The number of hydrogen-bond donors (Lipinski definition) is 1. The molecule has 0 radical (unpaired) electrons. The summed E-state index contributed by atoms with van der Waals surface area (Å²) in [4.78, 5) is 13.1. The highest BCUT2D eigenvalue weighted by molar-refractivity contribution is 5.70. The van der Waals surface area contributed by atoms with E-state index in [0.29, 0.717) is 19.5 Å². The standard InChI is InChI=1S/C15H18F3NO2/c1-10-6-12(14(20)21)9-19(7-10)8-11-2-4-13(5-3-11)15(16,17)18/h2-5,10,12H,6-9H2,1H3,(H,20,21). The molecule has 1 fully saturated rings. The fourth-order valence-electron chi connectivity index (χ4n) is 2.83. The molecule has 2 atom stereocenters. The number of aliphatic carboxylic acids is 1. The number of piperidine rings is 1. The Labute approximate surface area is 121 Å². The first-order chi connectivity index (χ1) is 9.75. The Hall–Kier alpha value is -1.56. The highest BCUT2D eigenvalue weighted by Gasteiger charge is 2.31. The van der Waals surface area contributed by atoms with Crippen LogP contribution >= 0.6 is 0 Å². The third-order valence-electron chi connectivity index (χ3n) is 3.77. The highest BCUT2D eigenvalue weighted by Crippen LogP contribution is 2.29. The molecule has 0 aromatic heterocycles. The molecular formula is C15H18F3NO2. The van der Waals surface area contributed by atoms with E-state index in [1.807, 2.05) is 11.8 Å². The summed E-state index contributed by atoms with van der Waals surface area (Å²) in [6.45, 7) is 3.69. The molecule has 0 amide bonds. The van der Waals surface area contributed by atoms with E-state index < -0.39 is 23.6 Å². The van der Waals surface area contributed by atoms with Gasteiger partial charge in [-0.2, -0.15) is 13.2 Å². The van der Waals surface area contributed by atoms with Gasteiger partial charge >= 0.3 is 12.1 Å². The molecule has 0 aliphatic carbocycles. The minimum absolute atomic E-state index is 0.272. The smallest absolute Gasteiger partial charge is 0.416 e. The summed E-state index contributed by atoms with van der Waals surface area (Å²) in [5.41, 5.74) is 0.0999. The molecule has 0 bridgehead atoms. The van der Waals surface area contributed by atoms with Gasteiger partial charge in [0.25, 0.3) is 0 Å². The molecule has 1 aromatic rings. The molecule has 1 heterocycles. The van der Waals surface area contributed by atoms with Crippen molar-refractivity contribution in [2.24, 2.45) is 11.8 Å². The lowest BCUT2D eigenvalue weighted by Gasteiger charge is -2.34. The first kappa shape index (κ1) is 15.8. The van der Waals surface area contributed by atoms with E-state index >= 15 is 0 Å². The predicted octanol–water partition coefficient (Wildman–Crippen LogP) is 3.25. The summed E-state index contributed by atoms with van der Waals surface area (Å²) < 4.78 is 37.5. The number of likely N-dealkylation sites (tertiary alicyclic amines) is 1. The molecule has 1 aromatic carbocycles. The average Bonchev–Trinajstić information content (AvgIpc) is 2.37. The van der Waals surface area contributed by atoms with Crippen LogP contribution in [0.25, 0.3) is 0 Å². The summed E-state index contributed by atoms with van der Waals surface area (Å²) in [6.07, 6.45) is -3.68. The van der Waals surface area contributed by atoms with Gasteiger partial charge in [-0.05, 0) is 30.0 Å². The second kappa shape index (κ2) is 6.05.